The second-order valence-corrected chi connectivity index (χ2v) is 5.75. The van der Waals surface area contributed by atoms with E-state index in [1.54, 1.807) is 0 Å². The first-order chi connectivity index (χ1) is 9.25. The quantitative estimate of drug-likeness (QED) is 0.908. The minimum atomic E-state index is 0. The molecule has 1 aromatic rings. The molecule has 0 bridgehead atoms. The van der Waals surface area contributed by atoms with Crippen molar-refractivity contribution in [3.05, 3.63) is 34.9 Å². The number of hydrogen-bond donors (Lipinski definition) is 1. The van der Waals surface area contributed by atoms with E-state index in [0.717, 1.165) is 31.5 Å². The zero-order chi connectivity index (χ0) is 13.2. The van der Waals surface area contributed by atoms with E-state index in [-0.39, 0.29) is 18.3 Å². The summed E-state index contributed by atoms with van der Waals surface area (Å²) < 4.78 is 0. The van der Waals surface area contributed by atoms with Crippen LogP contribution in [0.5, 0.6) is 0 Å². The Morgan fingerprint density at radius 2 is 2.00 bits per heavy atom. The van der Waals surface area contributed by atoms with Gasteiger partial charge in [0.2, 0.25) is 0 Å². The smallest absolute Gasteiger partial charge is 0.253 e. The molecule has 1 N–H and O–H groups in total. The van der Waals surface area contributed by atoms with Gasteiger partial charge in [-0.15, -0.1) is 12.4 Å². The number of nitrogens with zero attached hydrogens (tertiary/aromatic N) is 1. The number of carbonyl (C=O) groups is 1. The summed E-state index contributed by atoms with van der Waals surface area (Å²) in [5.41, 5.74) is 3.68. The van der Waals surface area contributed by atoms with Crippen LogP contribution in [0.3, 0.4) is 0 Å². The largest absolute Gasteiger partial charge is 0.337 e. The molecule has 0 saturated carbocycles. The fourth-order valence-electron chi connectivity index (χ4n) is 3.21. The van der Waals surface area contributed by atoms with Gasteiger partial charge in [0, 0.05) is 25.2 Å². The van der Waals surface area contributed by atoms with Gasteiger partial charge in [0.1, 0.15) is 0 Å². The van der Waals surface area contributed by atoms with Gasteiger partial charge >= 0.3 is 0 Å². The Hall–Kier alpha value is -1.06. The summed E-state index contributed by atoms with van der Waals surface area (Å²) in [6, 6.07) is 6.63. The van der Waals surface area contributed by atoms with Crippen molar-refractivity contribution in [3.63, 3.8) is 0 Å². The number of amides is 1. The Kier molecular flexibility index (Phi) is 5.06. The molecule has 1 atom stereocenters. The number of rotatable bonds is 2. The Bertz CT molecular complexity index is 483. The van der Waals surface area contributed by atoms with Gasteiger partial charge in [0.05, 0.1) is 0 Å². The lowest BCUT2D eigenvalue weighted by atomic mass is 9.90. The standard InChI is InChI=1S/C16H22N2O.ClH/c1-18(15-8-9-17-11-15)16(19)14-7-6-12-4-2-3-5-13(12)10-14;/h6-7,10,15,17H,2-5,8-9,11H2,1H3;1H. The van der Waals surface area contributed by atoms with Crippen molar-refractivity contribution < 1.29 is 4.79 Å². The topological polar surface area (TPSA) is 32.3 Å². The predicted molar refractivity (Wildman–Crippen MR) is 83.7 cm³/mol. The lowest BCUT2D eigenvalue weighted by Crippen LogP contribution is -2.38. The Morgan fingerprint density at radius 3 is 2.70 bits per heavy atom. The van der Waals surface area contributed by atoms with Crippen molar-refractivity contribution >= 4 is 18.3 Å². The van der Waals surface area contributed by atoms with Crippen LogP contribution in [-0.2, 0) is 12.8 Å². The zero-order valence-corrected chi connectivity index (χ0v) is 12.8. The van der Waals surface area contributed by atoms with E-state index in [2.05, 4.69) is 17.4 Å². The first-order valence-corrected chi connectivity index (χ1v) is 7.35. The molecule has 110 valence electrons. The van der Waals surface area contributed by atoms with Crippen LogP contribution in [0, 0.1) is 0 Å². The highest BCUT2D eigenvalue weighted by atomic mass is 35.5. The molecule has 1 unspecified atom stereocenters. The third-order valence-corrected chi connectivity index (χ3v) is 4.50. The molecule has 0 spiro atoms. The highest BCUT2D eigenvalue weighted by molar-refractivity contribution is 5.94. The average Bonchev–Trinajstić information content (AvgIpc) is 2.99. The molecule has 1 aliphatic heterocycles. The predicted octanol–water partition coefficient (Wildman–Crippen LogP) is 2.42. The second kappa shape index (κ2) is 6.59. The lowest BCUT2D eigenvalue weighted by molar-refractivity contribution is 0.0743. The minimum absolute atomic E-state index is 0. The van der Waals surface area contributed by atoms with E-state index in [1.807, 2.05) is 18.0 Å². The van der Waals surface area contributed by atoms with Crippen molar-refractivity contribution in [1.29, 1.82) is 0 Å². The van der Waals surface area contributed by atoms with Gasteiger partial charge in [-0.1, -0.05) is 6.07 Å². The monoisotopic (exact) mass is 294 g/mol. The van der Waals surface area contributed by atoms with E-state index < -0.39 is 0 Å². The summed E-state index contributed by atoms with van der Waals surface area (Å²) in [5.74, 6) is 0.169. The van der Waals surface area contributed by atoms with Gasteiger partial charge in [0.25, 0.3) is 5.91 Å². The van der Waals surface area contributed by atoms with Crippen molar-refractivity contribution in [3.8, 4) is 0 Å². The van der Waals surface area contributed by atoms with E-state index >= 15 is 0 Å². The van der Waals surface area contributed by atoms with Gasteiger partial charge in [0.15, 0.2) is 0 Å². The van der Waals surface area contributed by atoms with Gasteiger partial charge in [-0.25, -0.2) is 0 Å². The second-order valence-electron chi connectivity index (χ2n) is 5.75. The minimum Gasteiger partial charge on any atom is -0.337 e. The molecular weight excluding hydrogens is 272 g/mol. The summed E-state index contributed by atoms with van der Waals surface area (Å²) in [7, 11) is 1.93. The van der Waals surface area contributed by atoms with E-state index in [4.69, 9.17) is 0 Å². The Morgan fingerprint density at radius 1 is 1.25 bits per heavy atom. The van der Waals surface area contributed by atoms with Gasteiger partial charge in [-0.05, 0) is 61.9 Å². The Balaban J connectivity index is 0.00000147. The van der Waals surface area contributed by atoms with Crippen LogP contribution in [0.4, 0.5) is 0 Å². The fraction of sp³-hybridized carbons (Fsp3) is 0.562. The third kappa shape index (κ3) is 2.99. The zero-order valence-electron chi connectivity index (χ0n) is 12.0. The molecule has 3 rings (SSSR count). The molecular formula is C16H23ClN2O. The van der Waals surface area contributed by atoms with Crippen LogP contribution in [0.15, 0.2) is 18.2 Å². The number of nitrogens with one attached hydrogen (secondary N) is 1. The van der Waals surface area contributed by atoms with E-state index in [9.17, 15) is 4.79 Å². The van der Waals surface area contributed by atoms with Crippen LogP contribution in [-0.4, -0.2) is 37.0 Å². The van der Waals surface area contributed by atoms with Crippen molar-refractivity contribution in [1.82, 2.24) is 10.2 Å². The number of carbonyl (C=O) groups excluding carboxylic acids is 1. The van der Waals surface area contributed by atoms with Gasteiger partial charge < -0.3 is 10.2 Å². The summed E-state index contributed by atoms with van der Waals surface area (Å²) in [6.45, 7) is 1.94. The fourth-order valence-corrected chi connectivity index (χ4v) is 3.21. The Labute approximate surface area is 127 Å². The number of aryl methyl sites for hydroxylation is 2. The highest BCUT2D eigenvalue weighted by Gasteiger charge is 2.24. The summed E-state index contributed by atoms with van der Waals surface area (Å²) in [5, 5.41) is 3.32. The van der Waals surface area contributed by atoms with Crippen LogP contribution in [0.25, 0.3) is 0 Å². The average molecular weight is 295 g/mol. The number of fused-ring (bicyclic) bond motifs is 1. The first-order valence-electron chi connectivity index (χ1n) is 7.35. The van der Waals surface area contributed by atoms with Crippen LogP contribution in [0.1, 0.15) is 40.7 Å². The lowest BCUT2D eigenvalue weighted by Gasteiger charge is -2.25. The number of halogens is 1. The number of hydrogen-bond acceptors (Lipinski definition) is 2. The molecule has 4 heteroatoms. The van der Waals surface area contributed by atoms with E-state index in [1.165, 1.54) is 30.4 Å². The van der Waals surface area contributed by atoms with Crippen molar-refractivity contribution in [2.75, 3.05) is 20.1 Å². The maximum atomic E-state index is 12.5. The van der Waals surface area contributed by atoms with E-state index in [0.29, 0.717) is 6.04 Å². The molecule has 1 amide bonds. The highest BCUT2D eigenvalue weighted by Crippen LogP contribution is 2.23. The normalized spacial score (nSPS) is 20.9. The maximum absolute atomic E-state index is 12.5. The van der Waals surface area contributed by atoms with Gasteiger partial charge in [-0.3, -0.25) is 4.79 Å². The summed E-state index contributed by atoms with van der Waals surface area (Å²) >= 11 is 0. The molecule has 1 fully saturated rings. The number of likely N-dealkylation sites (N-methyl/N-ethyl adjacent to an activating group) is 1. The molecule has 0 aromatic heterocycles. The molecule has 1 aromatic carbocycles. The molecule has 1 aliphatic carbocycles. The summed E-state index contributed by atoms with van der Waals surface area (Å²) in [6.07, 6.45) is 5.91. The SMILES string of the molecule is CN(C(=O)c1ccc2c(c1)CCCC2)C1CCNC1.Cl. The molecule has 20 heavy (non-hydrogen) atoms. The van der Waals surface area contributed by atoms with Crippen molar-refractivity contribution in [2.45, 2.75) is 38.1 Å². The third-order valence-electron chi connectivity index (χ3n) is 4.50. The van der Waals surface area contributed by atoms with Crippen LogP contribution >= 0.6 is 12.4 Å². The van der Waals surface area contributed by atoms with Crippen LogP contribution in [0.2, 0.25) is 0 Å². The van der Waals surface area contributed by atoms with Crippen molar-refractivity contribution in [2.24, 2.45) is 0 Å². The molecule has 1 heterocycles. The van der Waals surface area contributed by atoms with Gasteiger partial charge in [-0.2, -0.15) is 0 Å². The molecule has 1 saturated heterocycles. The number of benzene rings is 1. The maximum Gasteiger partial charge on any atom is 0.253 e. The molecule has 3 nitrogen and oxygen atoms in total. The molecule has 2 aliphatic rings. The van der Waals surface area contributed by atoms with Crippen LogP contribution < -0.4 is 5.32 Å². The summed E-state index contributed by atoms with van der Waals surface area (Å²) in [4.78, 5) is 14.4. The first kappa shape index (κ1) is 15.3. The molecule has 0 radical (unpaired) electrons.